The zero-order chi connectivity index (χ0) is 19.1. The molecule has 160 valence electrons. The van der Waals surface area contributed by atoms with E-state index in [1.165, 1.54) is 37.0 Å². The topological polar surface area (TPSA) is 61.8 Å². The zero-order valence-electron chi connectivity index (χ0n) is 17.6. The van der Waals surface area contributed by atoms with Crippen LogP contribution in [0.3, 0.4) is 0 Å². The molecule has 2 N–H and O–H groups in total. The van der Waals surface area contributed by atoms with E-state index < -0.39 is 0 Å². The molecule has 0 amide bonds. The summed E-state index contributed by atoms with van der Waals surface area (Å²) >= 11 is 1.80. The van der Waals surface area contributed by atoms with Crippen molar-refractivity contribution >= 4 is 41.3 Å². The first-order valence-electron chi connectivity index (χ1n) is 10.3. The Balaban J connectivity index is 0.00000280. The highest BCUT2D eigenvalue weighted by atomic mass is 127. The van der Waals surface area contributed by atoms with Gasteiger partial charge >= 0.3 is 0 Å². The van der Waals surface area contributed by atoms with E-state index in [2.05, 4.69) is 39.4 Å². The quantitative estimate of drug-likeness (QED) is 0.342. The normalized spacial score (nSPS) is 20.5. The number of hydrogen-bond donors (Lipinski definition) is 2. The number of nitrogens with one attached hydrogen (secondary N) is 2. The summed E-state index contributed by atoms with van der Waals surface area (Å²) in [4.78, 5) is 13.0. The number of aryl methyl sites for hydroxylation is 2. The largest absolute Gasteiger partial charge is 0.379 e. The van der Waals surface area contributed by atoms with Gasteiger partial charge in [-0.2, -0.15) is 0 Å². The lowest BCUT2D eigenvalue weighted by atomic mass is 9.80. The summed E-state index contributed by atoms with van der Waals surface area (Å²) in [6.45, 7) is 9.85. The summed E-state index contributed by atoms with van der Waals surface area (Å²) in [6.07, 6.45) is 7.57. The Kier molecular flexibility index (Phi) is 9.92. The lowest BCUT2D eigenvalue weighted by Gasteiger charge is -2.48. The van der Waals surface area contributed by atoms with Gasteiger partial charge in [-0.1, -0.05) is 19.3 Å². The molecule has 1 aromatic heterocycles. The van der Waals surface area contributed by atoms with Crippen molar-refractivity contribution in [2.75, 3.05) is 46.4 Å². The second-order valence-electron chi connectivity index (χ2n) is 7.73. The molecule has 1 aliphatic carbocycles. The van der Waals surface area contributed by atoms with Gasteiger partial charge in [0.1, 0.15) is 0 Å². The summed E-state index contributed by atoms with van der Waals surface area (Å²) in [5.74, 6) is 0.909. The van der Waals surface area contributed by atoms with Gasteiger partial charge in [-0.05, 0) is 26.7 Å². The molecule has 0 spiro atoms. The number of nitrogens with zero attached hydrogens (tertiary/aromatic N) is 3. The van der Waals surface area contributed by atoms with Gasteiger partial charge in [-0.3, -0.25) is 9.89 Å². The van der Waals surface area contributed by atoms with Gasteiger partial charge in [0, 0.05) is 50.1 Å². The van der Waals surface area contributed by atoms with E-state index in [4.69, 9.17) is 4.74 Å². The number of thiazole rings is 1. The lowest BCUT2D eigenvalue weighted by Crippen LogP contribution is -2.60. The summed E-state index contributed by atoms with van der Waals surface area (Å²) < 4.78 is 5.59. The number of aromatic nitrogens is 1. The molecule has 3 rings (SSSR count). The number of morpholine rings is 1. The molecule has 6 nitrogen and oxygen atoms in total. The summed E-state index contributed by atoms with van der Waals surface area (Å²) in [7, 11) is 1.86. The van der Waals surface area contributed by atoms with E-state index in [-0.39, 0.29) is 29.5 Å². The van der Waals surface area contributed by atoms with E-state index >= 15 is 0 Å². The number of halogens is 1. The fourth-order valence-corrected chi connectivity index (χ4v) is 5.36. The van der Waals surface area contributed by atoms with Crippen molar-refractivity contribution in [3.05, 3.63) is 15.6 Å². The van der Waals surface area contributed by atoms with Crippen LogP contribution >= 0.6 is 35.3 Å². The van der Waals surface area contributed by atoms with Gasteiger partial charge in [0.15, 0.2) is 5.96 Å². The minimum Gasteiger partial charge on any atom is -0.379 e. The van der Waals surface area contributed by atoms with Crippen molar-refractivity contribution in [2.45, 2.75) is 57.9 Å². The third-order valence-electron chi connectivity index (χ3n) is 5.92. The van der Waals surface area contributed by atoms with Gasteiger partial charge in [-0.25, -0.2) is 4.98 Å². The van der Waals surface area contributed by atoms with Crippen LogP contribution in [0.15, 0.2) is 4.99 Å². The number of hydrogen-bond acceptors (Lipinski definition) is 5. The number of aliphatic imine (C=N–C) groups is 1. The van der Waals surface area contributed by atoms with E-state index in [1.807, 2.05) is 7.05 Å². The molecular formula is C20H36IN5OS. The minimum atomic E-state index is 0. The van der Waals surface area contributed by atoms with Crippen molar-refractivity contribution in [1.82, 2.24) is 20.5 Å². The Labute approximate surface area is 190 Å². The first kappa shape index (κ1) is 23.8. The molecule has 0 radical (unpaired) electrons. The van der Waals surface area contributed by atoms with Crippen molar-refractivity contribution < 1.29 is 4.74 Å². The van der Waals surface area contributed by atoms with Crippen LogP contribution in [-0.4, -0.2) is 67.8 Å². The van der Waals surface area contributed by atoms with Crippen LogP contribution in [0.25, 0.3) is 0 Å². The highest BCUT2D eigenvalue weighted by Crippen LogP contribution is 2.33. The smallest absolute Gasteiger partial charge is 0.191 e. The maximum atomic E-state index is 5.59. The second-order valence-corrected chi connectivity index (χ2v) is 9.02. The number of ether oxygens (including phenoxy) is 1. The molecule has 1 aromatic rings. The first-order valence-corrected chi connectivity index (χ1v) is 11.1. The first-order chi connectivity index (χ1) is 13.1. The predicted molar refractivity (Wildman–Crippen MR) is 128 cm³/mol. The average molecular weight is 522 g/mol. The van der Waals surface area contributed by atoms with E-state index in [0.29, 0.717) is 0 Å². The van der Waals surface area contributed by atoms with Crippen LogP contribution in [-0.2, 0) is 11.2 Å². The molecular weight excluding hydrogens is 485 g/mol. The Bertz CT molecular complexity index is 624. The van der Waals surface area contributed by atoms with Gasteiger partial charge in [-0.15, -0.1) is 35.3 Å². The highest BCUT2D eigenvalue weighted by Gasteiger charge is 2.38. The molecule has 0 atom stereocenters. The van der Waals surface area contributed by atoms with Crippen molar-refractivity contribution in [3.8, 4) is 0 Å². The SMILES string of the molecule is CN=C(NCCc1sc(C)nc1C)NCC1(N2CCOCC2)CCCCC1.I. The Morgan fingerprint density at radius 1 is 1.18 bits per heavy atom. The molecule has 0 unspecified atom stereocenters. The van der Waals surface area contributed by atoms with Crippen LogP contribution in [0.5, 0.6) is 0 Å². The molecule has 28 heavy (non-hydrogen) atoms. The van der Waals surface area contributed by atoms with Crippen molar-refractivity contribution in [2.24, 2.45) is 4.99 Å². The zero-order valence-corrected chi connectivity index (χ0v) is 20.7. The van der Waals surface area contributed by atoms with Crippen molar-refractivity contribution in [1.29, 1.82) is 0 Å². The molecule has 1 aliphatic heterocycles. The maximum Gasteiger partial charge on any atom is 0.191 e. The second kappa shape index (κ2) is 11.7. The van der Waals surface area contributed by atoms with Crippen molar-refractivity contribution in [3.63, 3.8) is 0 Å². The number of guanidine groups is 1. The predicted octanol–water partition coefficient (Wildman–Crippen LogP) is 3.12. The highest BCUT2D eigenvalue weighted by molar-refractivity contribution is 14.0. The fourth-order valence-electron chi connectivity index (χ4n) is 4.42. The Morgan fingerprint density at radius 3 is 2.50 bits per heavy atom. The molecule has 0 bridgehead atoms. The van der Waals surface area contributed by atoms with Gasteiger partial charge < -0.3 is 15.4 Å². The van der Waals surface area contributed by atoms with Crippen LogP contribution < -0.4 is 10.6 Å². The maximum absolute atomic E-state index is 5.59. The van der Waals surface area contributed by atoms with Crippen LogP contribution in [0.4, 0.5) is 0 Å². The van der Waals surface area contributed by atoms with Gasteiger partial charge in [0.25, 0.3) is 0 Å². The Hall–Kier alpha value is -0.450. The molecule has 2 aliphatic rings. The lowest BCUT2D eigenvalue weighted by molar-refractivity contribution is -0.0352. The standard InChI is InChI=1S/C20H35N5OS.HI/c1-16-18(27-17(2)24-16)7-10-22-19(21-3)23-15-20(8-5-4-6-9-20)25-11-13-26-14-12-25;/h4-15H2,1-3H3,(H2,21,22,23);1H. The third-order valence-corrected chi connectivity index (χ3v) is 7.05. The summed E-state index contributed by atoms with van der Waals surface area (Å²) in [6, 6.07) is 0. The summed E-state index contributed by atoms with van der Waals surface area (Å²) in [5.41, 5.74) is 1.42. The van der Waals surface area contributed by atoms with E-state index in [1.54, 1.807) is 11.3 Å². The van der Waals surface area contributed by atoms with Crippen LogP contribution in [0.2, 0.25) is 0 Å². The monoisotopic (exact) mass is 521 g/mol. The number of rotatable bonds is 6. The average Bonchev–Trinajstić information content (AvgIpc) is 3.03. The fraction of sp³-hybridized carbons (Fsp3) is 0.800. The molecule has 1 saturated heterocycles. The molecule has 2 fully saturated rings. The Morgan fingerprint density at radius 2 is 1.89 bits per heavy atom. The molecule has 2 heterocycles. The molecule has 8 heteroatoms. The van der Waals surface area contributed by atoms with Crippen LogP contribution in [0.1, 0.15) is 47.7 Å². The molecule has 0 aromatic carbocycles. The van der Waals surface area contributed by atoms with E-state index in [0.717, 1.165) is 62.5 Å². The molecule has 1 saturated carbocycles. The third kappa shape index (κ3) is 6.27. The summed E-state index contributed by atoms with van der Waals surface area (Å²) in [5, 5.41) is 8.26. The van der Waals surface area contributed by atoms with Gasteiger partial charge in [0.05, 0.1) is 23.9 Å². The van der Waals surface area contributed by atoms with Gasteiger partial charge in [0.2, 0.25) is 0 Å². The minimum absolute atomic E-state index is 0. The van der Waals surface area contributed by atoms with Crippen LogP contribution in [0, 0.1) is 13.8 Å². The van der Waals surface area contributed by atoms with E-state index in [9.17, 15) is 0 Å².